The molecular weight excluding hydrogens is 304 g/mol. The average molecular weight is 320 g/mol. The first-order valence-electron chi connectivity index (χ1n) is 6.45. The third kappa shape index (κ3) is 3.56. The summed E-state index contributed by atoms with van der Waals surface area (Å²) in [5.41, 5.74) is 1.48. The second kappa shape index (κ2) is 6.48. The summed E-state index contributed by atoms with van der Waals surface area (Å²) < 4.78 is 31.7. The van der Waals surface area contributed by atoms with E-state index in [2.05, 4.69) is 14.8 Å². The number of esters is 1. The van der Waals surface area contributed by atoms with E-state index in [9.17, 15) is 13.2 Å². The van der Waals surface area contributed by atoms with Crippen molar-refractivity contribution in [2.45, 2.75) is 4.90 Å². The molecule has 22 heavy (non-hydrogen) atoms. The minimum absolute atomic E-state index is 0.00640. The maximum atomic E-state index is 12.3. The van der Waals surface area contributed by atoms with Crippen LogP contribution in [0, 0.1) is 0 Å². The first-order chi connectivity index (χ1) is 10.5. The highest BCUT2D eigenvalue weighted by Gasteiger charge is 2.16. The number of hydrogen-bond acceptors (Lipinski definition) is 5. The predicted octanol–water partition coefficient (Wildman–Crippen LogP) is 2.32. The molecular formula is C15H16N2O4S. The van der Waals surface area contributed by atoms with Crippen molar-refractivity contribution in [3.8, 4) is 0 Å². The highest BCUT2D eigenvalue weighted by atomic mass is 32.2. The molecule has 116 valence electrons. The van der Waals surface area contributed by atoms with Gasteiger partial charge in [-0.2, -0.15) is 0 Å². The van der Waals surface area contributed by atoms with Gasteiger partial charge in [-0.15, -0.1) is 0 Å². The van der Waals surface area contributed by atoms with Crippen molar-refractivity contribution in [3.63, 3.8) is 0 Å². The smallest absolute Gasteiger partial charge is 0.337 e. The number of anilines is 2. The van der Waals surface area contributed by atoms with Crippen molar-refractivity contribution in [2.75, 3.05) is 24.2 Å². The van der Waals surface area contributed by atoms with Crippen LogP contribution >= 0.6 is 0 Å². The van der Waals surface area contributed by atoms with E-state index in [1.165, 1.54) is 31.4 Å². The first-order valence-corrected chi connectivity index (χ1v) is 7.93. The van der Waals surface area contributed by atoms with Crippen molar-refractivity contribution in [1.82, 2.24) is 0 Å². The molecule has 2 aromatic carbocycles. The van der Waals surface area contributed by atoms with Crippen LogP contribution in [0.1, 0.15) is 10.4 Å². The average Bonchev–Trinajstić information content (AvgIpc) is 2.54. The molecule has 0 heterocycles. The van der Waals surface area contributed by atoms with Crippen molar-refractivity contribution in [1.29, 1.82) is 0 Å². The molecule has 0 radical (unpaired) electrons. The Hall–Kier alpha value is -2.54. The number of nitrogens with one attached hydrogen (secondary N) is 2. The lowest BCUT2D eigenvalue weighted by molar-refractivity contribution is 0.0600. The molecule has 0 unspecified atom stereocenters. The molecule has 0 aliphatic carbocycles. The summed E-state index contributed by atoms with van der Waals surface area (Å²) in [7, 11) is -0.759. The summed E-state index contributed by atoms with van der Waals surface area (Å²) in [5.74, 6) is -0.588. The minimum Gasteiger partial charge on any atom is -0.465 e. The molecule has 0 spiro atoms. The van der Waals surface area contributed by atoms with E-state index in [-0.39, 0.29) is 10.5 Å². The molecule has 6 nitrogen and oxygen atoms in total. The number of carbonyl (C=O) groups is 1. The fourth-order valence-corrected chi connectivity index (χ4v) is 2.93. The molecule has 2 N–H and O–H groups in total. The van der Waals surface area contributed by atoms with Gasteiger partial charge in [-0.05, 0) is 42.5 Å². The van der Waals surface area contributed by atoms with Crippen molar-refractivity contribution < 1.29 is 17.9 Å². The fourth-order valence-electron chi connectivity index (χ4n) is 1.83. The molecule has 0 atom stereocenters. The van der Waals surface area contributed by atoms with Crippen LogP contribution in [-0.2, 0) is 14.8 Å². The van der Waals surface area contributed by atoms with Gasteiger partial charge in [0.15, 0.2) is 0 Å². The van der Waals surface area contributed by atoms with Crippen molar-refractivity contribution in [3.05, 3.63) is 54.1 Å². The molecule has 2 rings (SSSR count). The molecule has 0 fully saturated rings. The molecule has 2 aromatic rings. The van der Waals surface area contributed by atoms with E-state index in [1.807, 2.05) is 0 Å². The van der Waals surface area contributed by atoms with Gasteiger partial charge in [-0.25, -0.2) is 13.2 Å². The highest BCUT2D eigenvalue weighted by Crippen LogP contribution is 2.19. The third-order valence-electron chi connectivity index (χ3n) is 2.99. The molecule has 0 saturated heterocycles. The predicted molar refractivity (Wildman–Crippen MR) is 84.6 cm³/mol. The quantitative estimate of drug-likeness (QED) is 0.826. The number of hydrogen-bond donors (Lipinski definition) is 2. The van der Waals surface area contributed by atoms with Gasteiger partial charge in [-0.1, -0.05) is 6.07 Å². The van der Waals surface area contributed by atoms with E-state index in [0.717, 1.165) is 5.69 Å². The van der Waals surface area contributed by atoms with Gasteiger partial charge in [0.1, 0.15) is 0 Å². The molecule has 0 aliphatic rings. The Bertz CT molecular complexity index is 770. The Morgan fingerprint density at radius 3 is 2.27 bits per heavy atom. The number of sulfonamides is 1. The van der Waals surface area contributed by atoms with Crippen LogP contribution in [0.4, 0.5) is 11.4 Å². The van der Waals surface area contributed by atoms with Crippen molar-refractivity contribution in [2.24, 2.45) is 0 Å². The molecule has 7 heteroatoms. The first kappa shape index (κ1) is 15.8. The van der Waals surface area contributed by atoms with Crippen LogP contribution in [0.5, 0.6) is 0 Å². The van der Waals surface area contributed by atoms with Gasteiger partial charge in [0.2, 0.25) is 0 Å². The highest BCUT2D eigenvalue weighted by molar-refractivity contribution is 7.92. The molecule has 0 bridgehead atoms. The standard InChI is InChI=1S/C15H16N2O4S/c1-16-12-6-8-13(9-7-12)17-22(19,20)14-5-3-4-11(10-14)15(18)21-2/h3-10,16-17H,1-2H3. The van der Waals surface area contributed by atoms with E-state index in [4.69, 9.17) is 0 Å². The molecule has 0 amide bonds. The summed E-state index contributed by atoms with van der Waals surface area (Å²) >= 11 is 0. The zero-order valence-corrected chi connectivity index (χ0v) is 13.0. The lowest BCUT2D eigenvalue weighted by atomic mass is 10.2. The van der Waals surface area contributed by atoms with Crippen LogP contribution in [0.15, 0.2) is 53.4 Å². The van der Waals surface area contributed by atoms with Gasteiger partial charge in [0.05, 0.1) is 17.6 Å². The summed E-state index contributed by atoms with van der Waals surface area (Å²) in [6, 6.07) is 12.5. The Balaban J connectivity index is 2.27. The number of ether oxygens (including phenoxy) is 1. The number of benzene rings is 2. The van der Waals surface area contributed by atoms with E-state index in [0.29, 0.717) is 5.69 Å². The van der Waals surface area contributed by atoms with Crippen molar-refractivity contribution >= 4 is 27.4 Å². The largest absolute Gasteiger partial charge is 0.465 e. The van der Waals surface area contributed by atoms with E-state index < -0.39 is 16.0 Å². The lowest BCUT2D eigenvalue weighted by Gasteiger charge is -2.09. The zero-order valence-electron chi connectivity index (χ0n) is 12.2. The Morgan fingerprint density at radius 2 is 1.68 bits per heavy atom. The minimum atomic E-state index is -3.78. The zero-order chi connectivity index (χ0) is 16.2. The Labute approximate surface area is 129 Å². The van der Waals surface area contributed by atoms with Crippen LogP contribution < -0.4 is 10.0 Å². The van der Waals surface area contributed by atoms with Crippen LogP contribution in [-0.4, -0.2) is 28.5 Å². The summed E-state index contributed by atoms with van der Waals surface area (Å²) in [5, 5.41) is 2.95. The Kier molecular flexibility index (Phi) is 4.67. The van der Waals surface area contributed by atoms with Gasteiger partial charge >= 0.3 is 5.97 Å². The number of rotatable bonds is 5. The second-order valence-corrected chi connectivity index (χ2v) is 6.13. The Morgan fingerprint density at radius 1 is 1.05 bits per heavy atom. The van der Waals surface area contributed by atoms with Gasteiger partial charge in [0.25, 0.3) is 10.0 Å². The van der Waals surface area contributed by atoms with Gasteiger partial charge < -0.3 is 10.1 Å². The van der Waals surface area contributed by atoms with Crippen LogP contribution in [0.3, 0.4) is 0 Å². The number of carbonyl (C=O) groups excluding carboxylic acids is 1. The SMILES string of the molecule is CNc1ccc(NS(=O)(=O)c2cccc(C(=O)OC)c2)cc1. The molecule has 0 saturated carbocycles. The van der Waals surface area contributed by atoms with E-state index in [1.54, 1.807) is 31.3 Å². The van der Waals surface area contributed by atoms with Crippen LogP contribution in [0.25, 0.3) is 0 Å². The third-order valence-corrected chi connectivity index (χ3v) is 4.37. The second-order valence-electron chi connectivity index (χ2n) is 4.45. The van der Waals surface area contributed by atoms with Gasteiger partial charge in [-0.3, -0.25) is 4.72 Å². The number of methoxy groups -OCH3 is 1. The van der Waals surface area contributed by atoms with Crippen LogP contribution in [0.2, 0.25) is 0 Å². The monoisotopic (exact) mass is 320 g/mol. The summed E-state index contributed by atoms with van der Waals surface area (Å²) in [4.78, 5) is 11.5. The summed E-state index contributed by atoms with van der Waals surface area (Å²) in [6.45, 7) is 0. The van der Waals surface area contributed by atoms with Gasteiger partial charge in [0, 0.05) is 18.4 Å². The normalized spacial score (nSPS) is 10.8. The fraction of sp³-hybridized carbons (Fsp3) is 0.133. The van der Waals surface area contributed by atoms with E-state index >= 15 is 0 Å². The lowest BCUT2D eigenvalue weighted by Crippen LogP contribution is -2.14. The maximum Gasteiger partial charge on any atom is 0.337 e. The molecule has 0 aromatic heterocycles. The maximum absolute atomic E-state index is 12.3. The summed E-state index contributed by atoms with van der Waals surface area (Å²) in [6.07, 6.45) is 0. The molecule has 0 aliphatic heterocycles. The topological polar surface area (TPSA) is 84.5 Å².